The van der Waals surface area contributed by atoms with Crippen LogP contribution in [0.15, 0.2) is 18.2 Å². The minimum Gasteiger partial charge on any atom is -0.370 e. The molecule has 0 bridgehead atoms. The van der Waals surface area contributed by atoms with Gasteiger partial charge in [-0.2, -0.15) is 4.31 Å². The van der Waals surface area contributed by atoms with E-state index in [1.54, 1.807) is 4.31 Å². The molecule has 144 valence electrons. The van der Waals surface area contributed by atoms with Crippen LogP contribution in [0.25, 0.3) is 0 Å². The second kappa shape index (κ2) is 6.49. The number of nitrogens with zero attached hydrogens (tertiary/aromatic N) is 2. The minimum absolute atomic E-state index is 0.0274. The quantitative estimate of drug-likeness (QED) is 0.826. The largest absolute Gasteiger partial charge is 0.370 e. The van der Waals surface area contributed by atoms with Crippen LogP contribution in [0.2, 0.25) is 0 Å². The Bertz CT molecular complexity index is 806. The SMILES string of the molecule is CS(=O)(=O)N1C[C@H]2CN([C@H]3CO[C@H](c4cc(F)ccc4F)[C@@H](N)C3)C[C@H]21. The lowest BCUT2D eigenvalue weighted by atomic mass is 9.93. The Balaban J connectivity index is 1.41. The minimum atomic E-state index is -3.17. The molecular formula is C17H23F2N3O3S. The monoisotopic (exact) mass is 387 g/mol. The molecule has 6 nitrogen and oxygen atoms in total. The Morgan fingerprint density at radius 3 is 2.69 bits per heavy atom. The summed E-state index contributed by atoms with van der Waals surface area (Å²) >= 11 is 0. The van der Waals surface area contributed by atoms with Gasteiger partial charge < -0.3 is 10.5 Å². The lowest BCUT2D eigenvalue weighted by molar-refractivity contribution is -0.0474. The molecule has 0 radical (unpaired) electrons. The Hall–Kier alpha value is -1.13. The van der Waals surface area contributed by atoms with Crippen molar-refractivity contribution in [2.24, 2.45) is 11.7 Å². The fraction of sp³-hybridized carbons (Fsp3) is 0.647. The number of rotatable bonds is 3. The summed E-state index contributed by atoms with van der Waals surface area (Å²) in [6.45, 7) is 2.41. The summed E-state index contributed by atoms with van der Waals surface area (Å²) < 4.78 is 58.3. The van der Waals surface area contributed by atoms with Gasteiger partial charge >= 0.3 is 0 Å². The van der Waals surface area contributed by atoms with Crippen molar-refractivity contribution in [3.8, 4) is 0 Å². The third kappa shape index (κ3) is 3.16. The van der Waals surface area contributed by atoms with Crippen LogP contribution in [-0.4, -0.2) is 68.2 Å². The highest BCUT2D eigenvalue weighted by Gasteiger charge is 2.51. The Labute approximate surface area is 151 Å². The number of fused-ring (bicyclic) bond motifs is 1. The van der Waals surface area contributed by atoms with E-state index in [0.29, 0.717) is 32.0 Å². The summed E-state index contributed by atoms with van der Waals surface area (Å²) in [7, 11) is -3.17. The third-order valence-corrected chi connectivity index (χ3v) is 7.10. The highest BCUT2D eigenvalue weighted by Crippen LogP contribution is 2.38. The number of nitrogens with two attached hydrogens (primary N) is 1. The maximum atomic E-state index is 14.0. The topological polar surface area (TPSA) is 75.9 Å². The van der Waals surface area contributed by atoms with Crippen LogP contribution in [0.3, 0.4) is 0 Å². The molecule has 0 amide bonds. The van der Waals surface area contributed by atoms with Gasteiger partial charge in [0.15, 0.2) is 0 Å². The first-order valence-corrected chi connectivity index (χ1v) is 10.6. The smallest absolute Gasteiger partial charge is 0.211 e. The van der Waals surface area contributed by atoms with Crippen molar-refractivity contribution in [3.05, 3.63) is 35.4 Å². The third-order valence-electron chi connectivity index (χ3n) is 5.83. The first-order chi connectivity index (χ1) is 12.2. The molecule has 26 heavy (non-hydrogen) atoms. The van der Waals surface area contributed by atoms with Gasteiger partial charge in [0.05, 0.1) is 12.9 Å². The van der Waals surface area contributed by atoms with Crippen LogP contribution in [0.4, 0.5) is 8.78 Å². The van der Waals surface area contributed by atoms with E-state index in [9.17, 15) is 17.2 Å². The maximum Gasteiger partial charge on any atom is 0.211 e. The van der Waals surface area contributed by atoms with Crippen molar-refractivity contribution in [1.29, 1.82) is 0 Å². The van der Waals surface area contributed by atoms with E-state index in [4.69, 9.17) is 10.5 Å². The zero-order chi connectivity index (χ0) is 18.6. The van der Waals surface area contributed by atoms with Crippen molar-refractivity contribution < 1.29 is 21.9 Å². The molecule has 0 unspecified atom stereocenters. The molecule has 0 spiro atoms. The van der Waals surface area contributed by atoms with E-state index in [2.05, 4.69) is 4.90 Å². The van der Waals surface area contributed by atoms with Crippen molar-refractivity contribution in [1.82, 2.24) is 9.21 Å². The molecule has 5 atom stereocenters. The molecule has 3 aliphatic rings. The number of benzene rings is 1. The van der Waals surface area contributed by atoms with Crippen LogP contribution in [0.5, 0.6) is 0 Å². The van der Waals surface area contributed by atoms with Gasteiger partial charge in [-0.05, 0) is 24.6 Å². The van der Waals surface area contributed by atoms with Crippen LogP contribution in [-0.2, 0) is 14.8 Å². The van der Waals surface area contributed by atoms with E-state index in [1.807, 2.05) is 0 Å². The Kier molecular flexibility index (Phi) is 4.55. The molecule has 0 aromatic heterocycles. The summed E-state index contributed by atoms with van der Waals surface area (Å²) in [6, 6.07) is 2.94. The molecule has 2 N–H and O–H groups in total. The van der Waals surface area contributed by atoms with Crippen molar-refractivity contribution in [2.75, 3.05) is 32.5 Å². The van der Waals surface area contributed by atoms with Crippen molar-refractivity contribution in [3.63, 3.8) is 0 Å². The highest BCUT2D eigenvalue weighted by atomic mass is 32.2. The van der Waals surface area contributed by atoms with E-state index in [0.717, 1.165) is 24.7 Å². The van der Waals surface area contributed by atoms with Gasteiger partial charge in [-0.1, -0.05) is 0 Å². The number of sulfonamides is 1. The summed E-state index contributed by atoms with van der Waals surface area (Å²) in [6.07, 6.45) is 1.16. The zero-order valence-electron chi connectivity index (χ0n) is 14.5. The molecule has 0 aliphatic carbocycles. The number of likely N-dealkylation sites (tertiary alicyclic amines) is 1. The lowest BCUT2D eigenvalue weighted by Gasteiger charge is -2.41. The summed E-state index contributed by atoms with van der Waals surface area (Å²) in [5.41, 5.74) is 6.38. The number of hydrogen-bond donors (Lipinski definition) is 1. The average Bonchev–Trinajstić information content (AvgIpc) is 2.85. The zero-order valence-corrected chi connectivity index (χ0v) is 15.3. The predicted octanol–water partition coefficient (Wildman–Crippen LogP) is 0.698. The van der Waals surface area contributed by atoms with E-state index in [-0.39, 0.29) is 17.6 Å². The lowest BCUT2D eigenvalue weighted by Crippen LogP contribution is -2.57. The Morgan fingerprint density at radius 2 is 2.00 bits per heavy atom. The number of ether oxygens (including phenoxy) is 1. The molecule has 4 rings (SSSR count). The second-order valence-corrected chi connectivity index (χ2v) is 9.52. The normalized spacial score (nSPS) is 35.9. The summed E-state index contributed by atoms with van der Waals surface area (Å²) in [5, 5.41) is 0. The molecule has 1 aromatic rings. The fourth-order valence-electron chi connectivity index (χ4n) is 4.45. The van der Waals surface area contributed by atoms with Gasteiger partial charge in [0.25, 0.3) is 0 Å². The Morgan fingerprint density at radius 1 is 1.23 bits per heavy atom. The highest BCUT2D eigenvalue weighted by molar-refractivity contribution is 7.88. The van der Waals surface area contributed by atoms with Gasteiger partial charge in [0.2, 0.25) is 10.0 Å². The van der Waals surface area contributed by atoms with Crippen molar-refractivity contribution in [2.45, 2.75) is 30.7 Å². The van der Waals surface area contributed by atoms with Gasteiger partial charge in [0.1, 0.15) is 17.7 Å². The molecule has 3 heterocycles. The average molecular weight is 387 g/mol. The van der Waals surface area contributed by atoms with Gasteiger partial charge in [-0.25, -0.2) is 17.2 Å². The van der Waals surface area contributed by atoms with E-state index < -0.39 is 33.8 Å². The van der Waals surface area contributed by atoms with Crippen molar-refractivity contribution >= 4 is 10.0 Å². The first-order valence-electron chi connectivity index (χ1n) is 8.77. The molecule has 3 fully saturated rings. The molecule has 9 heteroatoms. The van der Waals surface area contributed by atoms with Crippen LogP contribution >= 0.6 is 0 Å². The summed E-state index contributed by atoms with van der Waals surface area (Å²) in [5.74, 6) is -0.691. The van der Waals surface area contributed by atoms with Gasteiger partial charge in [0, 0.05) is 49.2 Å². The van der Waals surface area contributed by atoms with Crippen LogP contribution < -0.4 is 5.73 Å². The molecule has 3 saturated heterocycles. The van der Waals surface area contributed by atoms with Crippen LogP contribution in [0.1, 0.15) is 18.1 Å². The van der Waals surface area contributed by atoms with E-state index in [1.165, 1.54) is 6.26 Å². The van der Waals surface area contributed by atoms with E-state index >= 15 is 0 Å². The maximum absolute atomic E-state index is 14.0. The number of halogens is 2. The molecule has 0 saturated carbocycles. The fourth-order valence-corrected chi connectivity index (χ4v) is 5.65. The number of hydrogen-bond acceptors (Lipinski definition) is 5. The first kappa shape index (κ1) is 18.2. The van der Waals surface area contributed by atoms with Gasteiger partial charge in [-0.15, -0.1) is 0 Å². The molecular weight excluding hydrogens is 364 g/mol. The summed E-state index contributed by atoms with van der Waals surface area (Å²) in [4.78, 5) is 2.22. The van der Waals surface area contributed by atoms with Gasteiger partial charge in [-0.3, -0.25) is 4.90 Å². The van der Waals surface area contributed by atoms with Crippen LogP contribution in [0, 0.1) is 17.6 Å². The predicted molar refractivity (Wildman–Crippen MR) is 91.8 cm³/mol. The molecule has 3 aliphatic heterocycles. The standard InChI is InChI=1S/C17H23F2N3O3S/c1-26(23,24)22-7-10-6-21(8-16(10)22)12-5-15(20)17(25-9-12)13-4-11(18)2-3-14(13)19/h2-4,10,12,15-17H,5-9,20H2,1H3/t10-,12-,15+,16-,17-/m1/s1. The molecule has 1 aromatic carbocycles. The second-order valence-electron chi connectivity index (χ2n) is 7.59.